The van der Waals surface area contributed by atoms with E-state index in [0.29, 0.717) is 13.0 Å². The second-order valence-corrected chi connectivity index (χ2v) is 5.37. The van der Waals surface area contributed by atoms with Gasteiger partial charge in [0.25, 0.3) is 0 Å². The van der Waals surface area contributed by atoms with Crippen molar-refractivity contribution in [3.63, 3.8) is 0 Å². The Bertz CT molecular complexity index is 464. The van der Waals surface area contributed by atoms with Crippen LogP contribution < -0.4 is 10.1 Å². The minimum atomic E-state index is -0.877. The summed E-state index contributed by atoms with van der Waals surface area (Å²) < 4.78 is 5.10. The predicted molar refractivity (Wildman–Crippen MR) is 79.0 cm³/mol. The summed E-state index contributed by atoms with van der Waals surface area (Å²) in [5.41, 5.74) is 0.938. The van der Waals surface area contributed by atoms with Gasteiger partial charge in [0.15, 0.2) is 0 Å². The Morgan fingerprint density at radius 1 is 1.45 bits per heavy atom. The number of methoxy groups -OCH3 is 1. The van der Waals surface area contributed by atoms with Crippen molar-refractivity contribution in [3.8, 4) is 5.75 Å². The number of benzene rings is 1. The van der Waals surface area contributed by atoms with Gasteiger partial charge in [-0.3, -0.25) is 9.59 Å². The van der Waals surface area contributed by atoms with E-state index in [-0.39, 0.29) is 11.7 Å². The number of carboxylic acid groups (broad SMARTS) is 1. The summed E-state index contributed by atoms with van der Waals surface area (Å²) >= 11 is 1.14. The molecule has 20 heavy (non-hydrogen) atoms. The molecule has 0 aromatic heterocycles. The number of nitrogens with one attached hydrogen (secondary N) is 1. The molecule has 1 unspecified atom stereocenters. The number of hydrogen-bond acceptors (Lipinski definition) is 4. The number of hydrogen-bond donors (Lipinski definition) is 2. The fourth-order valence-electron chi connectivity index (χ4n) is 1.57. The molecule has 0 heterocycles. The van der Waals surface area contributed by atoms with Crippen LogP contribution in [0.1, 0.15) is 18.9 Å². The quantitative estimate of drug-likeness (QED) is 0.766. The highest BCUT2D eigenvalue weighted by Crippen LogP contribution is 2.15. The fourth-order valence-corrected chi connectivity index (χ4v) is 2.41. The summed E-state index contributed by atoms with van der Waals surface area (Å²) in [4.78, 5) is 22.5. The number of ether oxygens (including phenoxy) is 1. The lowest BCUT2D eigenvalue weighted by atomic mass is 10.2. The van der Waals surface area contributed by atoms with Crippen LogP contribution in [0.4, 0.5) is 0 Å². The van der Waals surface area contributed by atoms with Crippen molar-refractivity contribution in [3.05, 3.63) is 29.8 Å². The van der Waals surface area contributed by atoms with Crippen LogP contribution in [0.15, 0.2) is 24.3 Å². The molecular weight excluding hydrogens is 278 g/mol. The summed E-state index contributed by atoms with van der Waals surface area (Å²) in [6.07, 6.45) is 0.503. The van der Waals surface area contributed by atoms with Crippen LogP contribution in [0.2, 0.25) is 0 Å². The molecule has 0 spiro atoms. The molecule has 0 fully saturated rings. The largest absolute Gasteiger partial charge is 0.497 e. The van der Waals surface area contributed by atoms with E-state index < -0.39 is 11.2 Å². The zero-order valence-electron chi connectivity index (χ0n) is 11.6. The second-order valence-electron chi connectivity index (χ2n) is 4.17. The summed E-state index contributed by atoms with van der Waals surface area (Å²) in [6, 6.07) is 7.42. The molecule has 110 valence electrons. The van der Waals surface area contributed by atoms with E-state index >= 15 is 0 Å². The number of carbonyl (C=O) groups excluding carboxylic acids is 1. The first kappa shape index (κ1) is 16.4. The number of rotatable bonds is 8. The van der Waals surface area contributed by atoms with Crippen LogP contribution in [0.5, 0.6) is 5.75 Å². The topological polar surface area (TPSA) is 75.6 Å². The molecule has 1 aromatic rings. The molecule has 0 aliphatic carbocycles. The Balaban J connectivity index is 2.37. The first-order valence-corrected chi connectivity index (χ1v) is 7.35. The molecule has 0 radical (unpaired) electrons. The highest BCUT2D eigenvalue weighted by atomic mass is 32.2. The molecular formula is C14H19NO4S. The van der Waals surface area contributed by atoms with E-state index in [2.05, 4.69) is 5.32 Å². The van der Waals surface area contributed by atoms with E-state index in [9.17, 15) is 9.59 Å². The molecule has 1 aromatic carbocycles. The fraction of sp³-hybridized carbons (Fsp3) is 0.429. The van der Waals surface area contributed by atoms with Crippen molar-refractivity contribution >= 4 is 23.6 Å². The molecule has 0 bridgehead atoms. The monoisotopic (exact) mass is 297 g/mol. The van der Waals surface area contributed by atoms with E-state index in [1.807, 2.05) is 24.3 Å². The third kappa shape index (κ3) is 5.52. The molecule has 6 heteroatoms. The van der Waals surface area contributed by atoms with Gasteiger partial charge in [0.1, 0.15) is 11.0 Å². The van der Waals surface area contributed by atoms with E-state index in [1.165, 1.54) is 0 Å². The van der Waals surface area contributed by atoms with Gasteiger partial charge in [-0.2, -0.15) is 0 Å². The van der Waals surface area contributed by atoms with Crippen LogP contribution in [0.3, 0.4) is 0 Å². The van der Waals surface area contributed by atoms with Crippen LogP contribution >= 0.6 is 11.8 Å². The average molecular weight is 297 g/mol. The molecule has 0 aliphatic heterocycles. The molecule has 1 atom stereocenters. The van der Waals surface area contributed by atoms with E-state index in [1.54, 1.807) is 14.0 Å². The van der Waals surface area contributed by atoms with Crippen molar-refractivity contribution in [1.29, 1.82) is 0 Å². The number of aliphatic carboxylic acids is 1. The summed E-state index contributed by atoms with van der Waals surface area (Å²) in [7, 11) is 1.59. The molecule has 1 amide bonds. The predicted octanol–water partition coefficient (Wildman–Crippen LogP) is 1.91. The minimum absolute atomic E-state index is 0.148. The van der Waals surface area contributed by atoms with Gasteiger partial charge >= 0.3 is 5.97 Å². The zero-order chi connectivity index (χ0) is 15.0. The number of thioether (sulfide) groups is 1. The van der Waals surface area contributed by atoms with Gasteiger partial charge in [0.2, 0.25) is 5.91 Å². The maximum atomic E-state index is 11.7. The van der Waals surface area contributed by atoms with Gasteiger partial charge in [-0.15, -0.1) is 11.8 Å². The molecule has 0 saturated heterocycles. The van der Waals surface area contributed by atoms with E-state index in [4.69, 9.17) is 9.84 Å². The van der Waals surface area contributed by atoms with Gasteiger partial charge in [-0.1, -0.05) is 19.1 Å². The van der Waals surface area contributed by atoms with Crippen LogP contribution in [-0.2, 0) is 16.1 Å². The van der Waals surface area contributed by atoms with Gasteiger partial charge in [-0.05, 0) is 24.1 Å². The molecule has 0 saturated carbocycles. The van der Waals surface area contributed by atoms with Crippen molar-refractivity contribution in [1.82, 2.24) is 5.32 Å². The highest BCUT2D eigenvalue weighted by Gasteiger charge is 2.16. The lowest BCUT2D eigenvalue weighted by Crippen LogP contribution is -2.27. The van der Waals surface area contributed by atoms with Crippen molar-refractivity contribution in [2.45, 2.75) is 25.1 Å². The number of carboxylic acids is 1. The Morgan fingerprint density at radius 2 is 2.20 bits per heavy atom. The van der Waals surface area contributed by atoms with Gasteiger partial charge in [0.05, 0.1) is 12.9 Å². The maximum Gasteiger partial charge on any atom is 0.316 e. The summed E-state index contributed by atoms with van der Waals surface area (Å²) in [5.74, 6) is -0.159. The van der Waals surface area contributed by atoms with Crippen LogP contribution in [0, 0.1) is 0 Å². The Morgan fingerprint density at radius 3 is 2.80 bits per heavy atom. The van der Waals surface area contributed by atoms with Crippen LogP contribution in [0.25, 0.3) is 0 Å². The zero-order valence-corrected chi connectivity index (χ0v) is 12.4. The lowest BCUT2D eigenvalue weighted by molar-refractivity contribution is -0.136. The van der Waals surface area contributed by atoms with Crippen LogP contribution in [-0.4, -0.2) is 35.1 Å². The number of amides is 1. The molecule has 2 N–H and O–H groups in total. The van der Waals surface area contributed by atoms with Crippen molar-refractivity contribution in [2.24, 2.45) is 0 Å². The van der Waals surface area contributed by atoms with E-state index in [0.717, 1.165) is 23.1 Å². The average Bonchev–Trinajstić information content (AvgIpc) is 2.45. The third-order valence-electron chi connectivity index (χ3n) is 2.69. The normalized spacial score (nSPS) is 11.7. The Labute approximate surface area is 122 Å². The third-order valence-corrected chi connectivity index (χ3v) is 4.05. The lowest BCUT2D eigenvalue weighted by Gasteiger charge is -2.10. The molecule has 0 aliphatic rings. The second kappa shape index (κ2) is 8.47. The van der Waals surface area contributed by atoms with Crippen molar-refractivity contribution < 1.29 is 19.4 Å². The summed E-state index contributed by atoms with van der Waals surface area (Å²) in [6.45, 7) is 2.19. The van der Waals surface area contributed by atoms with Gasteiger partial charge < -0.3 is 15.2 Å². The van der Waals surface area contributed by atoms with Gasteiger partial charge in [0, 0.05) is 6.54 Å². The Hall–Kier alpha value is -1.69. The van der Waals surface area contributed by atoms with Crippen molar-refractivity contribution in [2.75, 3.05) is 12.9 Å². The minimum Gasteiger partial charge on any atom is -0.497 e. The standard InChI is InChI=1S/C14H19NO4S/c1-3-12(14(17)18)20-9-13(16)15-8-10-5-4-6-11(7-10)19-2/h4-7,12H,3,8-9H2,1-2H3,(H,15,16)(H,17,18). The molecule has 5 nitrogen and oxygen atoms in total. The first-order valence-electron chi connectivity index (χ1n) is 6.30. The SMILES string of the molecule is CCC(SCC(=O)NCc1cccc(OC)c1)C(=O)O. The smallest absolute Gasteiger partial charge is 0.316 e. The summed E-state index contributed by atoms with van der Waals surface area (Å²) in [5, 5.41) is 11.1. The Kier molecular flexibility index (Phi) is 6.93. The first-order chi connectivity index (χ1) is 9.56. The molecule has 1 rings (SSSR count). The number of carbonyl (C=O) groups is 2. The highest BCUT2D eigenvalue weighted by molar-refractivity contribution is 8.01. The van der Waals surface area contributed by atoms with Gasteiger partial charge in [-0.25, -0.2) is 0 Å². The maximum absolute atomic E-state index is 11.7.